The van der Waals surface area contributed by atoms with Crippen molar-refractivity contribution in [1.29, 1.82) is 0 Å². The van der Waals surface area contributed by atoms with Crippen LogP contribution in [-0.4, -0.2) is 74.0 Å². The Kier molecular flexibility index (Phi) is 7.82. The number of nitrogens with zero attached hydrogens (tertiary/aromatic N) is 3. The Morgan fingerprint density at radius 2 is 1.96 bits per heavy atom. The van der Waals surface area contributed by atoms with E-state index in [-0.39, 0.29) is 11.9 Å². The highest BCUT2D eigenvalue weighted by Crippen LogP contribution is 2.19. The molecule has 1 aliphatic heterocycles. The number of aliphatic imine (C=N–C) groups is 1. The van der Waals surface area contributed by atoms with Crippen molar-refractivity contribution in [3.8, 4) is 0 Å². The van der Waals surface area contributed by atoms with Crippen LogP contribution in [0.5, 0.6) is 0 Å². The number of likely N-dealkylation sites (N-methyl/N-ethyl adjacent to an activating group) is 1. The molecule has 138 valence electrons. The number of nitrogens with one attached hydrogen (secondary N) is 2. The van der Waals surface area contributed by atoms with Gasteiger partial charge in [0.2, 0.25) is 5.91 Å². The summed E-state index contributed by atoms with van der Waals surface area (Å²) in [6.45, 7) is 5.80. The molecule has 0 bridgehead atoms. The van der Waals surface area contributed by atoms with Crippen LogP contribution in [0.25, 0.3) is 0 Å². The molecule has 6 heteroatoms. The van der Waals surface area contributed by atoms with E-state index in [9.17, 15) is 4.79 Å². The molecule has 1 aliphatic carbocycles. The van der Waals surface area contributed by atoms with Crippen molar-refractivity contribution in [2.24, 2.45) is 4.99 Å². The van der Waals surface area contributed by atoms with Crippen LogP contribution >= 0.6 is 0 Å². The van der Waals surface area contributed by atoms with Gasteiger partial charge in [-0.15, -0.1) is 0 Å². The first kappa shape index (κ1) is 19.0. The van der Waals surface area contributed by atoms with Gasteiger partial charge < -0.3 is 15.5 Å². The van der Waals surface area contributed by atoms with Crippen LogP contribution in [0.15, 0.2) is 4.99 Å². The Balaban J connectivity index is 1.75. The van der Waals surface area contributed by atoms with Gasteiger partial charge in [0.1, 0.15) is 0 Å². The quantitative estimate of drug-likeness (QED) is 0.419. The lowest BCUT2D eigenvalue weighted by molar-refractivity contribution is -0.133. The van der Waals surface area contributed by atoms with E-state index >= 15 is 0 Å². The van der Waals surface area contributed by atoms with Crippen molar-refractivity contribution < 1.29 is 4.79 Å². The Morgan fingerprint density at radius 1 is 1.21 bits per heavy atom. The summed E-state index contributed by atoms with van der Waals surface area (Å²) in [4.78, 5) is 21.0. The molecule has 0 spiro atoms. The average molecular weight is 338 g/mol. The molecule has 1 heterocycles. The van der Waals surface area contributed by atoms with Gasteiger partial charge in [0.15, 0.2) is 5.96 Å². The molecule has 0 radical (unpaired) electrons. The van der Waals surface area contributed by atoms with E-state index in [1.165, 1.54) is 25.7 Å². The summed E-state index contributed by atoms with van der Waals surface area (Å²) in [5.41, 5.74) is 0. The molecular weight excluding hydrogens is 302 g/mol. The van der Waals surface area contributed by atoms with Gasteiger partial charge in [0, 0.05) is 39.8 Å². The number of amides is 1. The Hall–Kier alpha value is -1.30. The maximum atomic E-state index is 12.2. The van der Waals surface area contributed by atoms with Gasteiger partial charge in [0.05, 0.1) is 6.04 Å². The minimum atomic E-state index is 0.0776. The smallest absolute Gasteiger partial charge is 0.239 e. The maximum absolute atomic E-state index is 12.2. The lowest BCUT2D eigenvalue weighted by Crippen LogP contribution is -2.43. The summed E-state index contributed by atoms with van der Waals surface area (Å²) in [7, 11) is 3.70. The molecule has 1 atom stereocenters. The highest BCUT2D eigenvalue weighted by molar-refractivity contribution is 5.81. The van der Waals surface area contributed by atoms with Crippen molar-refractivity contribution >= 4 is 11.9 Å². The SMILES string of the molecule is CCNC(=NCCCN1CCCC1C(=O)N(C)C)NC1CCCC1. The van der Waals surface area contributed by atoms with Gasteiger partial charge in [-0.2, -0.15) is 0 Å². The summed E-state index contributed by atoms with van der Waals surface area (Å²) >= 11 is 0. The van der Waals surface area contributed by atoms with Crippen LogP contribution < -0.4 is 10.6 Å². The lowest BCUT2D eigenvalue weighted by atomic mass is 10.2. The van der Waals surface area contributed by atoms with Crippen LogP contribution in [0, 0.1) is 0 Å². The third kappa shape index (κ3) is 5.65. The largest absolute Gasteiger partial charge is 0.357 e. The van der Waals surface area contributed by atoms with Gasteiger partial charge in [0.25, 0.3) is 0 Å². The predicted molar refractivity (Wildman–Crippen MR) is 99.3 cm³/mol. The normalized spacial score (nSPS) is 22.8. The van der Waals surface area contributed by atoms with Gasteiger partial charge in [-0.05, 0) is 45.6 Å². The lowest BCUT2D eigenvalue weighted by Gasteiger charge is -2.25. The molecule has 2 fully saturated rings. The third-order valence-electron chi connectivity index (χ3n) is 5.00. The topological polar surface area (TPSA) is 60.0 Å². The fourth-order valence-corrected chi connectivity index (χ4v) is 3.72. The number of hydrogen-bond acceptors (Lipinski definition) is 3. The average Bonchev–Trinajstić information content (AvgIpc) is 3.22. The first-order valence-electron chi connectivity index (χ1n) is 9.62. The molecule has 2 aliphatic rings. The molecule has 0 aromatic carbocycles. The van der Waals surface area contributed by atoms with Gasteiger partial charge >= 0.3 is 0 Å². The van der Waals surface area contributed by atoms with Gasteiger partial charge in [-0.1, -0.05) is 12.8 Å². The van der Waals surface area contributed by atoms with Crippen LogP contribution in [0.2, 0.25) is 0 Å². The molecule has 1 saturated carbocycles. The first-order chi connectivity index (χ1) is 11.6. The number of guanidine groups is 1. The van der Waals surface area contributed by atoms with E-state index < -0.39 is 0 Å². The highest BCUT2D eigenvalue weighted by atomic mass is 16.2. The number of carbonyl (C=O) groups excluding carboxylic acids is 1. The van der Waals surface area contributed by atoms with Crippen LogP contribution in [0.4, 0.5) is 0 Å². The van der Waals surface area contributed by atoms with E-state index in [0.717, 1.165) is 51.4 Å². The van der Waals surface area contributed by atoms with E-state index in [0.29, 0.717) is 6.04 Å². The molecular formula is C18H35N5O. The second kappa shape index (κ2) is 9.87. The summed E-state index contributed by atoms with van der Waals surface area (Å²) in [5.74, 6) is 1.19. The molecule has 1 saturated heterocycles. The van der Waals surface area contributed by atoms with Crippen LogP contribution in [0.1, 0.15) is 51.9 Å². The molecule has 0 aromatic rings. The number of carbonyl (C=O) groups is 1. The molecule has 24 heavy (non-hydrogen) atoms. The van der Waals surface area contributed by atoms with E-state index in [1.54, 1.807) is 4.90 Å². The Labute approximate surface area is 147 Å². The maximum Gasteiger partial charge on any atom is 0.239 e. The molecule has 0 aromatic heterocycles. The second-order valence-corrected chi connectivity index (χ2v) is 7.17. The third-order valence-corrected chi connectivity index (χ3v) is 5.00. The fourth-order valence-electron chi connectivity index (χ4n) is 3.72. The zero-order valence-electron chi connectivity index (χ0n) is 15.7. The standard InChI is InChI=1S/C18H35N5O/c1-4-19-18(21-15-9-5-6-10-15)20-12-8-14-23-13-7-11-16(23)17(24)22(2)3/h15-16H,4-14H2,1-3H3,(H2,19,20,21). The van der Waals surface area contributed by atoms with E-state index in [1.807, 2.05) is 14.1 Å². The predicted octanol–water partition coefficient (Wildman–Crippen LogP) is 1.43. The zero-order chi connectivity index (χ0) is 17.4. The van der Waals surface area contributed by atoms with Gasteiger partial charge in [-0.3, -0.25) is 14.7 Å². The van der Waals surface area contributed by atoms with Crippen molar-refractivity contribution in [2.45, 2.75) is 64.0 Å². The van der Waals surface area contributed by atoms with Crippen molar-refractivity contribution in [1.82, 2.24) is 20.4 Å². The molecule has 6 nitrogen and oxygen atoms in total. The second-order valence-electron chi connectivity index (χ2n) is 7.17. The summed E-state index contributed by atoms with van der Waals surface area (Å²) in [6.07, 6.45) is 8.28. The Bertz CT molecular complexity index is 418. The molecule has 2 N–H and O–H groups in total. The van der Waals surface area contributed by atoms with E-state index in [4.69, 9.17) is 4.99 Å². The zero-order valence-corrected chi connectivity index (χ0v) is 15.7. The summed E-state index contributed by atoms with van der Waals surface area (Å²) < 4.78 is 0. The highest BCUT2D eigenvalue weighted by Gasteiger charge is 2.30. The van der Waals surface area contributed by atoms with Crippen LogP contribution in [0.3, 0.4) is 0 Å². The van der Waals surface area contributed by atoms with Crippen molar-refractivity contribution in [2.75, 3.05) is 40.3 Å². The monoisotopic (exact) mass is 337 g/mol. The molecule has 1 unspecified atom stereocenters. The summed E-state index contributed by atoms with van der Waals surface area (Å²) in [6, 6.07) is 0.664. The number of hydrogen-bond donors (Lipinski definition) is 2. The first-order valence-corrected chi connectivity index (χ1v) is 9.62. The van der Waals surface area contributed by atoms with Crippen molar-refractivity contribution in [3.63, 3.8) is 0 Å². The fraction of sp³-hybridized carbons (Fsp3) is 0.889. The molecule has 2 rings (SSSR count). The van der Waals surface area contributed by atoms with E-state index in [2.05, 4.69) is 22.5 Å². The Morgan fingerprint density at radius 3 is 2.62 bits per heavy atom. The minimum absolute atomic E-state index is 0.0776. The summed E-state index contributed by atoms with van der Waals surface area (Å²) in [5, 5.41) is 6.90. The number of rotatable bonds is 7. The van der Waals surface area contributed by atoms with Crippen LogP contribution in [-0.2, 0) is 4.79 Å². The molecule has 1 amide bonds. The minimum Gasteiger partial charge on any atom is -0.357 e. The van der Waals surface area contributed by atoms with Crippen molar-refractivity contribution in [3.05, 3.63) is 0 Å². The van der Waals surface area contributed by atoms with Gasteiger partial charge in [-0.25, -0.2) is 0 Å². The number of likely N-dealkylation sites (tertiary alicyclic amines) is 1.